The van der Waals surface area contributed by atoms with E-state index in [1.54, 1.807) is 0 Å². The van der Waals surface area contributed by atoms with E-state index in [1.165, 1.54) is 0 Å². The van der Waals surface area contributed by atoms with Crippen molar-refractivity contribution in [1.29, 1.82) is 0 Å². The Kier molecular flexibility index (Phi) is 2.21. The second-order valence-electron chi connectivity index (χ2n) is 3.36. The number of rotatable bonds is 0. The minimum atomic E-state index is -4.51. The number of fused-ring (bicyclic) bond motifs is 1. The van der Waals surface area contributed by atoms with Gasteiger partial charge in [-0.2, -0.15) is 13.2 Å². The van der Waals surface area contributed by atoms with Crippen molar-refractivity contribution in [2.75, 3.05) is 0 Å². The van der Waals surface area contributed by atoms with E-state index in [1.807, 2.05) is 0 Å². The van der Waals surface area contributed by atoms with E-state index >= 15 is 0 Å². The van der Waals surface area contributed by atoms with E-state index in [0.29, 0.717) is 5.69 Å². The Bertz CT molecular complexity index is 414. The third kappa shape index (κ3) is 1.84. The standard InChI is InChI=1S/C9H7F3N2O/c10-9(11,12)8-6-3-5(15)1-2-7(6)13-4-14-8/h4H,1-3H2. The van der Waals surface area contributed by atoms with Gasteiger partial charge in [-0.25, -0.2) is 9.97 Å². The van der Waals surface area contributed by atoms with E-state index in [4.69, 9.17) is 0 Å². The molecule has 0 aliphatic heterocycles. The average molecular weight is 216 g/mol. The average Bonchev–Trinajstić information content (AvgIpc) is 2.15. The quantitative estimate of drug-likeness (QED) is 0.660. The zero-order chi connectivity index (χ0) is 11.1. The molecule has 0 saturated carbocycles. The normalized spacial score (nSPS) is 16.3. The van der Waals surface area contributed by atoms with Gasteiger partial charge in [0.1, 0.15) is 12.1 Å². The zero-order valence-electron chi connectivity index (χ0n) is 7.64. The highest BCUT2D eigenvalue weighted by Crippen LogP contribution is 2.33. The topological polar surface area (TPSA) is 42.9 Å². The van der Waals surface area contributed by atoms with E-state index in [-0.39, 0.29) is 30.6 Å². The van der Waals surface area contributed by atoms with Crippen molar-refractivity contribution in [2.45, 2.75) is 25.4 Å². The van der Waals surface area contributed by atoms with Gasteiger partial charge in [-0.3, -0.25) is 4.79 Å². The highest BCUT2D eigenvalue weighted by molar-refractivity contribution is 5.83. The van der Waals surface area contributed by atoms with Crippen molar-refractivity contribution >= 4 is 5.78 Å². The van der Waals surface area contributed by atoms with Gasteiger partial charge >= 0.3 is 6.18 Å². The molecule has 0 fully saturated rings. The molecule has 1 aromatic rings. The van der Waals surface area contributed by atoms with Gasteiger partial charge in [-0.1, -0.05) is 0 Å². The lowest BCUT2D eigenvalue weighted by atomic mass is 9.93. The summed E-state index contributed by atoms with van der Waals surface area (Å²) in [6.07, 6.45) is -3.27. The van der Waals surface area contributed by atoms with Crippen LogP contribution in [0.1, 0.15) is 23.4 Å². The van der Waals surface area contributed by atoms with Gasteiger partial charge in [-0.15, -0.1) is 0 Å². The molecular formula is C9H7F3N2O. The Balaban J connectivity index is 2.53. The van der Waals surface area contributed by atoms with Crippen LogP contribution >= 0.6 is 0 Å². The van der Waals surface area contributed by atoms with Gasteiger partial charge in [0, 0.05) is 24.1 Å². The van der Waals surface area contributed by atoms with Crippen molar-refractivity contribution in [3.8, 4) is 0 Å². The Morgan fingerprint density at radius 2 is 1.93 bits per heavy atom. The first-order valence-corrected chi connectivity index (χ1v) is 4.40. The van der Waals surface area contributed by atoms with Gasteiger partial charge in [0.15, 0.2) is 5.69 Å². The van der Waals surface area contributed by atoms with Crippen LogP contribution in [0.4, 0.5) is 13.2 Å². The van der Waals surface area contributed by atoms with Crippen LogP contribution < -0.4 is 0 Å². The predicted molar refractivity (Wildman–Crippen MR) is 44.1 cm³/mol. The number of hydrogen-bond donors (Lipinski definition) is 0. The van der Waals surface area contributed by atoms with Crippen molar-refractivity contribution in [1.82, 2.24) is 9.97 Å². The number of hydrogen-bond acceptors (Lipinski definition) is 3. The number of carbonyl (C=O) groups is 1. The summed E-state index contributed by atoms with van der Waals surface area (Å²) in [4.78, 5) is 18.1. The first kappa shape index (κ1) is 10.1. The molecule has 15 heavy (non-hydrogen) atoms. The maximum absolute atomic E-state index is 12.5. The highest BCUT2D eigenvalue weighted by atomic mass is 19.4. The first-order chi connectivity index (χ1) is 6.98. The Morgan fingerprint density at radius 1 is 1.20 bits per heavy atom. The largest absolute Gasteiger partial charge is 0.433 e. The van der Waals surface area contributed by atoms with Crippen LogP contribution in [-0.2, 0) is 23.8 Å². The van der Waals surface area contributed by atoms with Crippen LogP contribution in [0.5, 0.6) is 0 Å². The van der Waals surface area contributed by atoms with Crippen molar-refractivity contribution in [3.05, 3.63) is 23.3 Å². The van der Waals surface area contributed by atoms with E-state index in [2.05, 4.69) is 9.97 Å². The third-order valence-electron chi connectivity index (χ3n) is 2.32. The maximum atomic E-state index is 12.5. The molecule has 80 valence electrons. The number of alkyl halides is 3. The summed E-state index contributed by atoms with van der Waals surface area (Å²) < 4.78 is 37.5. The van der Waals surface area contributed by atoms with Gasteiger partial charge in [0.05, 0.1) is 0 Å². The number of Topliss-reactive ketones (excluding diaryl/α,β-unsaturated/α-hetero) is 1. The van der Waals surface area contributed by atoms with Crippen molar-refractivity contribution in [3.63, 3.8) is 0 Å². The summed E-state index contributed by atoms with van der Waals surface area (Å²) in [7, 11) is 0. The SMILES string of the molecule is O=C1CCc2ncnc(C(F)(F)F)c2C1. The highest BCUT2D eigenvalue weighted by Gasteiger charge is 2.37. The molecule has 0 N–H and O–H groups in total. The van der Waals surface area contributed by atoms with Gasteiger partial charge in [0.2, 0.25) is 0 Å². The van der Waals surface area contributed by atoms with Gasteiger partial charge < -0.3 is 0 Å². The Labute approximate surface area is 83.3 Å². The molecule has 1 heterocycles. The van der Waals surface area contributed by atoms with Crippen LogP contribution in [0.2, 0.25) is 0 Å². The molecular weight excluding hydrogens is 209 g/mol. The smallest absolute Gasteiger partial charge is 0.299 e. The maximum Gasteiger partial charge on any atom is 0.433 e. The molecule has 0 aromatic carbocycles. The summed E-state index contributed by atoms with van der Waals surface area (Å²) in [6, 6.07) is 0. The van der Waals surface area contributed by atoms with Crippen molar-refractivity contribution in [2.24, 2.45) is 0 Å². The third-order valence-corrected chi connectivity index (χ3v) is 2.32. The molecule has 0 saturated heterocycles. The Hall–Kier alpha value is -1.46. The fraction of sp³-hybridized carbons (Fsp3) is 0.444. The van der Waals surface area contributed by atoms with Crippen LogP contribution in [-0.4, -0.2) is 15.8 Å². The van der Waals surface area contributed by atoms with Gasteiger partial charge in [0.25, 0.3) is 0 Å². The lowest BCUT2D eigenvalue weighted by Crippen LogP contribution is -2.22. The molecule has 0 amide bonds. The molecule has 1 aliphatic rings. The fourth-order valence-electron chi connectivity index (χ4n) is 1.64. The van der Waals surface area contributed by atoms with E-state index in [0.717, 1.165) is 6.33 Å². The number of aryl methyl sites for hydroxylation is 1. The molecule has 3 nitrogen and oxygen atoms in total. The molecule has 0 spiro atoms. The fourth-order valence-corrected chi connectivity index (χ4v) is 1.64. The molecule has 0 atom stereocenters. The lowest BCUT2D eigenvalue weighted by molar-refractivity contribution is -0.142. The lowest BCUT2D eigenvalue weighted by Gasteiger charge is -2.17. The first-order valence-electron chi connectivity index (χ1n) is 4.40. The zero-order valence-corrected chi connectivity index (χ0v) is 7.64. The molecule has 0 bridgehead atoms. The minimum Gasteiger partial charge on any atom is -0.299 e. The summed E-state index contributed by atoms with van der Waals surface area (Å²) in [5.41, 5.74) is -0.682. The van der Waals surface area contributed by atoms with E-state index < -0.39 is 11.9 Å². The molecule has 2 rings (SSSR count). The molecule has 1 aromatic heterocycles. The predicted octanol–water partition coefficient (Wildman–Crippen LogP) is 1.55. The summed E-state index contributed by atoms with van der Waals surface area (Å²) in [5, 5.41) is 0. The van der Waals surface area contributed by atoms with Crippen LogP contribution in [0, 0.1) is 0 Å². The number of ketones is 1. The Morgan fingerprint density at radius 3 is 2.60 bits per heavy atom. The molecule has 0 radical (unpaired) electrons. The molecule has 6 heteroatoms. The number of aromatic nitrogens is 2. The van der Waals surface area contributed by atoms with E-state index in [9.17, 15) is 18.0 Å². The number of carbonyl (C=O) groups excluding carboxylic acids is 1. The summed E-state index contributed by atoms with van der Waals surface area (Å²) in [5.74, 6) is -0.192. The molecule has 1 aliphatic carbocycles. The van der Waals surface area contributed by atoms with Crippen LogP contribution in [0.3, 0.4) is 0 Å². The second-order valence-corrected chi connectivity index (χ2v) is 3.36. The number of halogens is 3. The van der Waals surface area contributed by atoms with Gasteiger partial charge in [-0.05, 0) is 6.42 Å². The van der Waals surface area contributed by atoms with Crippen LogP contribution in [0.25, 0.3) is 0 Å². The summed E-state index contributed by atoms with van der Waals surface area (Å²) in [6.45, 7) is 0. The number of nitrogens with zero attached hydrogens (tertiary/aromatic N) is 2. The van der Waals surface area contributed by atoms with Crippen LogP contribution in [0.15, 0.2) is 6.33 Å². The summed E-state index contributed by atoms with van der Waals surface area (Å²) >= 11 is 0. The van der Waals surface area contributed by atoms with Crippen molar-refractivity contribution < 1.29 is 18.0 Å². The second kappa shape index (κ2) is 3.29. The monoisotopic (exact) mass is 216 g/mol. The molecule has 0 unspecified atom stereocenters. The minimum absolute atomic E-state index is 0.0544.